The van der Waals surface area contributed by atoms with Crippen molar-refractivity contribution in [3.8, 4) is 0 Å². The maximum atomic E-state index is 13.0. The molecule has 0 saturated carbocycles. The van der Waals surface area contributed by atoms with Gasteiger partial charge in [-0.2, -0.15) is 10.2 Å². The molecule has 148 valence electrons. The van der Waals surface area contributed by atoms with Crippen molar-refractivity contribution in [2.75, 3.05) is 7.05 Å². The monoisotopic (exact) mass is 384 g/mol. The second-order valence-electron chi connectivity index (χ2n) is 6.25. The highest BCUT2D eigenvalue weighted by Crippen LogP contribution is 2.30. The van der Waals surface area contributed by atoms with Gasteiger partial charge in [-0.1, -0.05) is 0 Å². The van der Waals surface area contributed by atoms with Gasteiger partial charge in [0.25, 0.3) is 6.43 Å². The van der Waals surface area contributed by atoms with Gasteiger partial charge in [-0.3, -0.25) is 24.3 Å². The van der Waals surface area contributed by atoms with Crippen LogP contribution in [0.5, 0.6) is 0 Å². The highest BCUT2D eigenvalue weighted by atomic mass is 19.3. The lowest BCUT2D eigenvalue weighted by Gasteiger charge is -2.18. The van der Waals surface area contributed by atoms with Gasteiger partial charge in [-0.15, -0.1) is 0 Å². The summed E-state index contributed by atoms with van der Waals surface area (Å²) in [5.74, 6) is -0.403. The van der Waals surface area contributed by atoms with Crippen LogP contribution >= 0.6 is 0 Å². The number of halogens is 2. The summed E-state index contributed by atoms with van der Waals surface area (Å²) in [6.07, 6.45) is -3.09. The number of likely N-dealkylation sites (N-methyl/N-ethyl adjacent to an activating group) is 1. The van der Waals surface area contributed by atoms with E-state index in [0.29, 0.717) is 13.1 Å². The number of nitrogens with zero attached hydrogens (tertiary/aromatic N) is 6. The van der Waals surface area contributed by atoms with Crippen molar-refractivity contribution in [2.24, 2.45) is 0 Å². The quantitative estimate of drug-likeness (QED) is 0.540. The Kier molecular flexibility index (Phi) is 5.91. The first-order valence-electron chi connectivity index (χ1n) is 8.35. The predicted octanol–water partition coefficient (Wildman–Crippen LogP) is 2.53. The van der Waals surface area contributed by atoms with Gasteiger partial charge in [-0.05, 0) is 27.7 Å². The van der Waals surface area contributed by atoms with E-state index in [1.54, 1.807) is 7.05 Å². The van der Waals surface area contributed by atoms with E-state index >= 15 is 0 Å². The topological polar surface area (TPSA) is 99.1 Å². The normalized spacial score (nSPS) is 11.3. The van der Waals surface area contributed by atoms with E-state index in [1.165, 1.54) is 11.8 Å². The molecule has 27 heavy (non-hydrogen) atoms. The Morgan fingerprint density at radius 3 is 2.30 bits per heavy atom. The molecule has 0 aromatic carbocycles. The molecule has 1 amide bonds. The van der Waals surface area contributed by atoms with E-state index < -0.39 is 28.6 Å². The lowest BCUT2D eigenvalue weighted by atomic mass is 10.2. The molecule has 0 spiro atoms. The molecule has 0 N–H and O–H groups in total. The summed E-state index contributed by atoms with van der Waals surface area (Å²) in [5.41, 5.74) is 0.896. The van der Waals surface area contributed by atoms with Gasteiger partial charge in [0.05, 0.1) is 10.6 Å². The number of alkyl halides is 2. The predicted molar refractivity (Wildman–Crippen MR) is 92.4 cm³/mol. The maximum absolute atomic E-state index is 13.0. The standard InChI is InChI=1S/C16H22F2N6O3/c1-6-22-10(3)12(9(2)19-22)7-21(5)13(25)8-23-11(4)15(24(26)27)14(20-23)16(17)18/h16H,6-8H2,1-5H3. The van der Waals surface area contributed by atoms with Crippen molar-refractivity contribution in [3.63, 3.8) is 0 Å². The SMILES string of the molecule is CCn1nc(C)c(CN(C)C(=O)Cn2nc(C(F)F)c([N+](=O)[O-])c2C)c1C. The third kappa shape index (κ3) is 3.96. The van der Waals surface area contributed by atoms with Gasteiger partial charge >= 0.3 is 5.69 Å². The number of nitro groups is 1. The zero-order chi connectivity index (χ0) is 20.5. The third-order valence-corrected chi connectivity index (χ3v) is 4.53. The number of amides is 1. The van der Waals surface area contributed by atoms with E-state index in [-0.39, 0.29) is 12.2 Å². The lowest BCUT2D eigenvalue weighted by molar-refractivity contribution is -0.386. The summed E-state index contributed by atoms with van der Waals surface area (Å²) < 4.78 is 28.8. The Balaban J connectivity index is 2.21. The number of carbonyl (C=O) groups is 1. The smallest absolute Gasteiger partial charge is 0.319 e. The molecule has 0 aliphatic heterocycles. The highest BCUT2D eigenvalue weighted by molar-refractivity contribution is 5.76. The average molecular weight is 384 g/mol. The summed E-state index contributed by atoms with van der Waals surface area (Å²) in [6.45, 7) is 7.65. The van der Waals surface area contributed by atoms with Crippen LogP contribution in [-0.4, -0.2) is 42.3 Å². The summed E-state index contributed by atoms with van der Waals surface area (Å²) >= 11 is 0. The number of aryl methyl sites for hydroxylation is 2. The average Bonchev–Trinajstić information content (AvgIpc) is 3.06. The third-order valence-electron chi connectivity index (χ3n) is 4.53. The van der Waals surface area contributed by atoms with Crippen LogP contribution in [0.1, 0.15) is 41.7 Å². The molecular weight excluding hydrogens is 362 g/mol. The van der Waals surface area contributed by atoms with Crippen molar-refractivity contribution >= 4 is 11.6 Å². The van der Waals surface area contributed by atoms with Crippen molar-refractivity contribution < 1.29 is 18.5 Å². The highest BCUT2D eigenvalue weighted by Gasteiger charge is 2.31. The number of carbonyl (C=O) groups excluding carboxylic acids is 1. The van der Waals surface area contributed by atoms with Crippen molar-refractivity contribution in [2.45, 2.75) is 53.8 Å². The fourth-order valence-corrected chi connectivity index (χ4v) is 2.93. The van der Waals surface area contributed by atoms with Crippen LogP contribution in [0.3, 0.4) is 0 Å². The van der Waals surface area contributed by atoms with Gasteiger partial charge in [-0.25, -0.2) is 8.78 Å². The van der Waals surface area contributed by atoms with Crippen LogP contribution in [0, 0.1) is 30.9 Å². The van der Waals surface area contributed by atoms with Gasteiger partial charge < -0.3 is 4.90 Å². The molecule has 0 atom stereocenters. The second-order valence-corrected chi connectivity index (χ2v) is 6.25. The van der Waals surface area contributed by atoms with E-state index in [4.69, 9.17) is 0 Å². The van der Waals surface area contributed by atoms with E-state index in [1.807, 2.05) is 25.5 Å². The van der Waals surface area contributed by atoms with Crippen LogP contribution in [0.2, 0.25) is 0 Å². The minimum absolute atomic E-state index is 0.0804. The Morgan fingerprint density at radius 1 is 1.22 bits per heavy atom. The number of rotatable bonds is 7. The lowest BCUT2D eigenvalue weighted by Crippen LogP contribution is -2.30. The summed E-state index contributed by atoms with van der Waals surface area (Å²) in [4.78, 5) is 24.1. The molecule has 0 radical (unpaired) electrons. The molecule has 0 bridgehead atoms. The summed E-state index contributed by atoms with van der Waals surface area (Å²) in [5, 5.41) is 19.0. The molecule has 0 saturated heterocycles. The number of aromatic nitrogens is 4. The van der Waals surface area contributed by atoms with Crippen LogP contribution in [-0.2, 0) is 24.4 Å². The van der Waals surface area contributed by atoms with Crippen LogP contribution in [0.25, 0.3) is 0 Å². The Labute approximate surface area is 154 Å². The first kappa shape index (κ1) is 20.5. The van der Waals surface area contributed by atoms with Crippen LogP contribution in [0.4, 0.5) is 14.5 Å². The molecule has 0 aliphatic carbocycles. The zero-order valence-corrected chi connectivity index (χ0v) is 15.9. The second kappa shape index (κ2) is 7.80. The molecule has 0 aliphatic rings. The minimum atomic E-state index is -3.09. The van der Waals surface area contributed by atoms with Gasteiger partial charge in [0, 0.05) is 31.4 Å². The summed E-state index contributed by atoms with van der Waals surface area (Å²) in [7, 11) is 1.58. The Bertz CT molecular complexity index is 874. The Hall–Kier alpha value is -2.85. The fourth-order valence-electron chi connectivity index (χ4n) is 2.93. The molecule has 2 aromatic rings. The van der Waals surface area contributed by atoms with E-state index in [9.17, 15) is 23.7 Å². The van der Waals surface area contributed by atoms with Gasteiger partial charge in [0.15, 0.2) is 0 Å². The fraction of sp³-hybridized carbons (Fsp3) is 0.562. The molecular formula is C16H22F2N6O3. The zero-order valence-electron chi connectivity index (χ0n) is 15.9. The largest absolute Gasteiger partial charge is 0.340 e. The van der Waals surface area contributed by atoms with Crippen LogP contribution in [0.15, 0.2) is 0 Å². The van der Waals surface area contributed by atoms with Crippen LogP contribution < -0.4 is 0 Å². The first-order valence-corrected chi connectivity index (χ1v) is 8.35. The molecule has 9 nitrogen and oxygen atoms in total. The van der Waals surface area contributed by atoms with Gasteiger partial charge in [0.1, 0.15) is 12.2 Å². The first-order chi connectivity index (χ1) is 12.6. The number of hydrogen-bond donors (Lipinski definition) is 0. The molecule has 0 fully saturated rings. The molecule has 0 unspecified atom stereocenters. The minimum Gasteiger partial charge on any atom is -0.340 e. The van der Waals surface area contributed by atoms with Crippen molar-refractivity contribution in [1.82, 2.24) is 24.5 Å². The van der Waals surface area contributed by atoms with Gasteiger partial charge in [0.2, 0.25) is 11.6 Å². The molecule has 2 heterocycles. The molecule has 11 heteroatoms. The van der Waals surface area contributed by atoms with Crippen molar-refractivity contribution in [3.05, 3.63) is 38.5 Å². The number of hydrogen-bond acceptors (Lipinski definition) is 5. The van der Waals surface area contributed by atoms with E-state index in [2.05, 4.69) is 10.2 Å². The van der Waals surface area contributed by atoms with Crippen molar-refractivity contribution in [1.29, 1.82) is 0 Å². The summed E-state index contributed by atoms with van der Waals surface area (Å²) in [6, 6.07) is 0. The van der Waals surface area contributed by atoms with E-state index in [0.717, 1.165) is 21.6 Å². The maximum Gasteiger partial charge on any atom is 0.319 e. The molecule has 2 aromatic heterocycles. The molecule has 2 rings (SSSR count). The Morgan fingerprint density at radius 2 is 1.85 bits per heavy atom.